The van der Waals surface area contributed by atoms with E-state index in [4.69, 9.17) is 9.47 Å². The van der Waals surface area contributed by atoms with Gasteiger partial charge >= 0.3 is 11.7 Å². The van der Waals surface area contributed by atoms with Crippen LogP contribution in [0.15, 0.2) is 41.5 Å². The largest absolute Gasteiger partial charge is 0.496 e. The van der Waals surface area contributed by atoms with Crippen molar-refractivity contribution in [2.45, 2.75) is 6.92 Å². The number of rotatable bonds is 6. The Kier molecular flexibility index (Phi) is 6.10. The maximum Gasteiger partial charge on any atom is 0.339 e. The summed E-state index contributed by atoms with van der Waals surface area (Å²) < 4.78 is 10.1. The van der Waals surface area contributed by atoms with Crippen molar-refractivity contribution in [1.82, 2.24) is 5.43 Å². The fourth-order valence-electron chi connectivity index (χ4n) is 2.17. The van der Waals surface area contributed by atoms with Crippen molar-refractivity contribution in [3.05, 3.63) is 57.6 Å². The summed E-state index contributed by atoms with van der Waals surface area (Å²) in [5.74, 6) is 0.381. The molecule has 0 saturated carbocycles. The number of nitro benzene ring substituents is 1. The number of ether oxygens (including phenoxy) is 2. The van der Waals surface area contributed by atoms with Crippen molar-refractivity contribution >= 4 is 23.6 Å². The predicted molar refractivity (Wildman–Crippen MR) is 97.1 cm³/mol. The quantitative estimate of drug-likeness (QED) is 0.468. The highest BCUT2D eigenvalue weighted by Crippen LogP contribution is 2.33. The smallest absolute Gasteiger partial charge is 0.339 e. The van der Waals surface area contributed by atoms with Gasteiger partial charge in [0, 0.05) is 23.4 Å². The van der Waals surface area contributed by atoms with E-state index in [1.165, 1.54) is 32.6 Å². The molecule has 0 saturated heterocycles. The van der Waals surface area contributed by atoms with Crippen LogP contribution in [0.1, 0.15) is 11.1 Å². The molecule has 9 heteroatoms. The van der Waals surface area contributed by atoms with E-state index in [2.05, 4.69) is 15.8 Å². The number of benzene rings is 2. The Balaban J connectivity index is 2.14. The van der Waals surface area contributed by atoms with Gasteiger partial charge in [-0.2, -0.15) is 5.10 Å². The molecule has 2 aromatic carbocycles. The minimum atomic E-state index is -0.575. The summed E-state index contributed by atoms with van der Waals surface area (Å²) in [4.78, 5) is 22.4. The number of carbonyl (C=O) groups is 1. The lowest BCUT2D eigenvalue weighted by atomic mass is 10.1. The highest BCUT2D eigenvalue weighted by molar-refractivity contribution is 5.92. The zero-order valence-corrected chi connectivity index (χ0v) is 14.5. The number of methoxy groups -OCH3 is 2. The number of hydrogen-bond acceptors (Lipinski definition) is 6. The highest BCUT2D eigenvalue weighted by Gasteiger charge is 2.18. The lowest BCUT2D eigenvalue weighted by Crippen LogP contribution is -2.24. The van der Waals surface area contributed by atoms with E-state index >= 15 is 0 Å². The first-order chi connectivity index (χ1) is 12.5. The van der Waals surface area contributed by atoms with E-state index in [1.54, 1.807) is 12.1 Å². The molecule has 9 nitrogen and oxygen atoms in total. The topological polar surface area (TPSA) is 115 Å². The van der Waals surface area contributed by atoms with Crippen molar-refractivity contribution in [2.24, 2.45) is 5.10 Å². The summed E-state index contributed by atoms with van der Waals surface area (Å²) in [7, 11) is 2.74. The van der Waals surface area contributed by atoms with Gasteiger partial charge in [0.1, 0.15) is 5.75 Å². The van der Waals surface area contributed by atoms with Gasteiger partial charge in [-0.25, -0.2) is 10.2 Å². The third kappa shape index (κ3) is 4.47. The Bertz CT molecular complexity index is 851. The van der Waals surface area contributed by atoms with E-state index in [-0.39, 0.29) is 11.4 Å². The van der Waals surface area contributed by atoms with Crippen LogP contribution in [0, 0.1) is 17.0 Å². The minimum absolute atomic E-state index is 0.0641. The summed E-state index contributed by atoms with van der Waals surface area (Å²) in [6.07, 6.45) is 1.25. The molecule has 2 amide bonds. The number of para-hydroxylation sites is 1. The molecule has 0 aliphatic heterocycles. The monoisotopic (exact) mass is 358 g/mol. The van der Waals surface area contributed by atoms with Gasteiger partial charge in [-0.1, -0.05) is 18.2 Å². The highest BCUT2D eigenvalue weighted by atomic mass is 16.6. The number of carbonyl (C=O) groups excluding carboxylic acids is 1. The van der Waals surface area contributed by atoms with Crippen LogP contribution < -0.4 is 20.2 Å². The van der Waals surface area contributed by atoms with Crippen LogP contribution >= 0.6 is 0 Å². The number of urea groups is 1. The molecule has 0 aromatic heterocycles. The summed E-state index contributed by atoms with van der Waals surface area (Å²) in [6, 6.07) is 9.37. The lowest BCUT2D eigenvalue weighted by molar-refractivity contribution is -0.385. The summed E-state index contributed by atoms with van der Waals surface area (Å²) >= 11 is 0. The second kappa shape index (κ2) is 8.47. The van der Waals surface area contributed by atoms with Crippen molar-refractivity contribution in [2.75, 3.05) is 19.5 Å². The Labute approximate surface area is 149 Å². The number of nitrogens with one attached hydrogen (secondary N) is 2. The van der Waals surface area contributed by atoms with Crippen LogP contribution in [-0.4, -0.2) is 31.4 Å². The number of hydrogen-bond donors (Lipinski definition) is 2. The molecular weight excluding hydrogens is 340 g/mol. The average Bonchev–Trinajstić information content (AvgIpc) is 2.63. The number of nitro groups is 1. The van der Waals surface area contributed by atoms with Gasteiger partial charge in [0.15, 0.2) is 0 Å². The van der Waals surface area contributed by atoms with Crippen molar-refractivity contribution in [3.63, 3.8) is 0 Å². The van der Waals surface area contributed by atoms with Crippen LogP contribution in [-0.2, 0) is 0 Å². The minimum Gasteiger partial charge on any atom is -0.496 e. The zero-order valence-electron chi connectivity index (χ0n) is 14.5. The lowest BCUT2D eigenvalue weighted by Gasteiger charge is -2.09. The van der Waals surface area contributed by atoms with Gasteiger partial charge in [0.2, 0.25) is 5.75 Å². The first-order valence-electron chi connectivity index (χ1n) is 7.52. The molecule has 0 spiro atoms. The summed E-state index contributed by atoms with van der Waals surface area (Å²) in [5, 5.41) is 17.6. The first-order valence-corrected chi connectivity index (χ1v) is 7.52. The maximum atomic E-state index is 11.9. The second-order valence-corrected chi connectivity index (χ2v) is 5.16. The number of hydrazone groups is 1. The molecule has 0 fully saturated rings. The molecule has 136 valence electrons. The molecule has 2 rings (SSSR count). The van der Waals surface area contributed by atoms with Gasteiger partial charge in [-0.15, -0.1) is 0 Å². The molecule has 0 radical (unpaired) electrons. The van der Waals surface area contributed by atoms with Crippen molar-refractivity contribution in [1.29, 1.82) is 0 Å². The zero-order chi connectivity index (χ0) is 19.1. The van der Waals surface area contributed by atoms with E-state index < -0.39 is 11.0 Å². The fourth-order valence-corrected chi connectivity index (χ4v) is 2.17. The van der Waals surface area contributed by atoms with Gasteiger partial charge in [-0.3, -0.25) is 10.1 Å². The van der Waals surface area contributed by atoms with Crippen LogP contribution in [0.2, 0.25) is 0 Å². The molecule has 2 N–H and O–H groups in total. The molecule has 0 bridgehead atoms. The normalized spacial score (nSPS) is 10.4. The van der Waals surface area contributed by atoms with E-state index in [0.29, 0.717) is 17.0 Å². The average molecular weight is 358 g/mol. The Morgan fingerprint density at radius 2 is 1.88 bits per heavy atom. The Morgan fingerprint density at radius 1 is 1.19 bits per heavy atom. The van der Waals surface area contributed by atoms with Crippen LogP contribution in [0.4, 0.5) is 16.2 Å². The first kappa shape index (κ1) is 18.7. The molecule has 2 aromatic rings. The summed E-state index contributed by atoms with van der Waals surface area (Å²) in [5.41, 5.74) is 3.93. The third-order valence-corrected chi connectivity index (χ3v) is 3.49. The SMILES string of the molecule is COc1cc(OC)c([N+](=O)[O-])cc1/C=N\NC(=O)Nc1ccccc1C. The van der Waals surface area contributed by atoms with Crippen LogP contribution in [0.25, 0.3) is 0 Å². The van der Waals surface area contributed by atoms with Crippen LogP contribution in [0.3, 0.4) is 0 Å². The number of aryl methyl sites for hydroxylation is 1. The van der Waals surface area contributed by atoms with Crippen LogP contribution in [0.5, 0.6) is 11.5 Å². The molecule has 0 heterocycles. The van der Waals surface area contributed by atoms with Crippen molar-refractivity contribution < 1.29 is 19.2 Å². The van der Waals surface area contributed by atoms with Gasteiger partial charge in [-0.05, 0) is 18.6 Å². The van der Waals surface area contributed by atoms with E-state index in [1.807, 2.05) is 19.1 Å². The van der Waals surface area contributed by atoms with E-state index in [9.17, 15) is 14.9 Å². The van der Waals surface area contributed by atoms with E-state index in [0.717, 1.165) is 5.56 Å². The molecule has 0 aliphatic rings. The molecule has 0 aliphatic carbocycles. The Hall–Kier alpha value is -3.62. The fraction of sp³-hybridized carbons (Fsp3) is 0.176. The molecule has 0 unspecified atom stereocenters. The number of nitrogens with zero attached hydrogens (tertiary/aromatic N) is 2. The standard InChI is InChI=1S/C17H18N4O5/c1-11-6-4-5-7-13(11)19-17(22)20-18-10-12-8-14(21(23)24)16(26-3)9-15(12)25-2/h4-10H,1-3H3,(H2,19,20,22)/b18-10-. The third-order valence-electron chi connectivity index (χ3n) is 3.49. The molecule has 0 atom stereocenters. The van der Waals surface area contributed by atoms with Crippen molar-refractivity contribution in [3.8, 4) is 11.5 Å². The van der Waals surface area contributed by atoms with Gasteiger partial charge in [0.05, 0.1) is 25.4 Å². The van der Waals surface area contributed by atoms with Gasteiger partial charge < -0.3 is 14.8 Å². The number of amides is 2. The van der Waals surface area contributed by atoms with Gasteiger partial charge in [0.25, 0.3) is 0 Å². The molecule has 26 heavy (non-hydrogen) atoms. The second-order valence-electron chi connectivity index (χ2n) is 5.16. The maximum absolute atomic E-state index is 11.9. The molecular formula is C17H18N4O5. The number of anilines is 1. The predicted octanol–water partition coefficient (Wildman–Crippen LogP) is 3.08. The summed E-state index contributed by atoms with van der Waals surface area (Å²) in [6.45, 7) is 1.86. The Morgan fingerprint density at radius 3 is 2.50 bits per heavy atom.